The predicted molar refractivity (Wildman–Crippen MR) is 97.4 cm³/mol. The maximum Gasteiger partial charge on any atom is 0.413 e. The molecule has 1 aromatic heterocycles. The summed E-state index contributed by atoms with van der Waals surface area (Å²) in [6.45, 7) is 7.20. The van der Waals surface area contributed by atoms with Crippen molar-refractivity contribution in [3.05, 3.63) is 46.0 Å². The molecule has 1 aliphatic rings. The van der Waals surface area contributed by atoms with Crippen molar-refractivity contribution in [1.29, 1.82) is 0 Å². The van der Waals surface area contributed by atoms with Gasteiger partial charge in [0.05, 0.1) is 23.4 Å². The zero-order chi connectivity index (χ0) is 19.1. The largest absolute Gasteiger partial charge is 0.444 e. The fraction of sp³-hybridized carbons (Fsp3) is 0.333. The number of carbonyl (C=O) groups is 3. The second kappa shape index (κ2) is 6.53. The van der Waals surface area contributed by atoms with Crippen molar-refractivity contribution in [3.63, 3.8) is 0 Å². The van der Waals surface area contributed by atoms with Crippen LogP contribution >= 0.6 is 11.3 Å². The number of fused-ring (bicyclic) bond motifs is 1. The molecule has 0 unspecified atom stereocenters. The van der Waals surface area contributed by atoms with Gasteiger partial charge in [-0.05, 0) is 39.8 Å². The molecule has 3 rings (SSSR count). The van der Waals surface area contributed by atoms with E-state index in [1.807, 2.05) is 0 Å². The second-order valence-corrected chi connectivity index (χ2v) is 7.98. The highest BCUT2D eigenvalue weighted by Crippen LogP contribution is 2.29. The van der Waals surface area contributed by atoms with E-state index in [9.17, 15) is 14.4 Å². The number of aryl methyl sites for hydroxylation is 1. The van der Waals surface area contributed by atoms with Crippen LogP contribution in [0.1, 0.15) is 52.1 Å². The molecule has 26 heavy (non-hydrogen) atoms. The molecule has 1 aromatic carbocycles. The topological polar surface area (TPSA) is 88.6 Å². The molecule has 7 nitrogen and oxygen atoms in total. The molecule has 0 aliphatic carbocycles. The number of nitrogens with zero attached hydrogens (tertiary/aromatic N) is 2. The average molecular weight is 373 g/mol. The Kier molecular flexibility index (Phi) is 4.53. The normalized spacial score (nSPS) is 13.8. The van der Waals surface area contributed by atoms with Gasteiger partial charge in [0.25, 0.3) is 11.8 Å². The molecule has 2 aromatic rings. The summed E-state index contributed by atoms with van der Waals surface area (Å²) in [5, 5.41) is 2.95. The van der Waals surface area contributed by atoms with Gasteiger partial charge in [-0.1, -0.05) is 23.5 Å². The Bertz CT molecular complexity index is 863. The quantitative estimate of drug-likeness (QED) is 0.831. The number of benzene rings is 1. The Morgan fingerprint density at radius 1 is 1.19 bits per heavy atom. The van der Waals surface area contributed by atoms with E-state index in [0.717, 1.165) is 4.88 Å². The molecule has 0 radical (unpaired) electrons. The summed E-state index contributed by atoms with van der Waals surface area (Å²) >= 11 is 1.21. The highest BCUT2D eigenvalue weighted by atomic mass is 32.1. The Hall–Kier alpha value is -2.74. The summed E-state index contributed by atoms with van der Waals surface area (Å²) in [7, 11) is 0. The number of ether oxygens (including phenoxy) is 1. The maximum absolute atomic E-state index is 12.5. The zero-order valence-electron chi connectivity index (χ0n) is 15.0. The summed E-state index contributed by atoms with van der Waals surface area (Å²) in [6.07, 6.45) is -0.599. The number of rotatable bonds is 3. The number of amides is 3. The molecule has 8 heteroatoms. The van der Waals surface area contributed by atoms with Gasteiger partial charge >= 0.3 is 6.09 Å². The van der Waals surface area contributed by atoms with Crippen LogP contribution in [-0.4, -0.2) is 33.4 Å². The number of imide groups is 1. The third-order valence-corrected chi connectivity index (χ3v) is 4.74. The lowest BCUT2D eigenvalue weighted by molar-refractivity contribution is 0.0626. The summed E-state index contributed by atoms with van der Waals surface area (Å²) < 4.78 is 5.20. The van der Waals surface area contributed by atoms with Crippen LogP contribution in [0.15, 0.2) is 24.3 Å². The van der Waals surface area contributed by atoms with E-state index in [4.69, 9.17) is 4.74 Å². The minimum atomic E-state index is -0.612. The van der Waals surface area contributed by atoms with Crippen molar-refractivity contribution in [2.24, 2.45) is 0 Å². The van der Waals surface area contributed by atoms with E-state index >= 15 is 0 Å². The molecule has 3 amide bonds. The first-order valence-corrected chi connectivity index (χ1v) is 8.89. The number of nitrogens with one attached hydrogen (secondary N) is 1. The van der Waals surface area contributed by atoms with Crippen LogP contribution in [-0.2, 0) is 11.3 Å². The molecule has 0 atom stereocenters. The molecule has 0 spiro atoms. The van der Waals surface area contributed by atoms with Gasteiger partial charge in [-0.15, -0.1) is 0 Å². The van der Waals surface area contributed by atoms with E-state index in [1.54, 1.807) is 52.0 Å². The fourth-order valence-corrected chi connectivity index (χ4v) is 3.48. The summed E-state index contributed by atoms with van der Waals surface area (Å²) in [6, 6.07) is 6.75. The highest BCUT2D eigenvalue weighted by Gasteiger charge is 2.35. The van der Waals surface area contributed by atoms with Gasteiger partial charge in [-0.3, -0.25) is 19.8 Å². The van der Waals surface area contributed by atoms with Crippen molar-refractivity contribution < 1.29 is 19.1 Å². The van der Waals surface area contributed by atoms with Gasteiger partial charge in [0, 0.05) is 4.88 Å². The standard InChI is InChI=1S/C18H19N3O4S/c1-10-13(26-16(19-10)20-17(24)25-18(2,3)4)9-21-14(22)11-7-5-6-8-12(11)15(21)23/h5-8H,9H2,1-4H3,(H,19,20,24). The maximum atomic E-state index is 12.5. The lowest BCUT2D eigenvalue weighted by Crippen LogP contribution is -2.29. The van der Waals surface area contributed by atoms with Crippen LogP contribution in [0.2, 0.25) is 0 Å². The monoisotopic (exact) mass is 373 g/mol. The van der Waals surface area contributed by atoms with E-state index in [1.165, 1.54) is 16.2 Å². The number of hydrogen-bond donors (Lipinski definition) is 1. The van der Waals surface area contributed by atoms with Crippen molar-refractivity contribution in [2.75, 3.05) is 5.32 Å². The summed E-state index contributed by atoms with van der Waals surface area (Å²) in [5.41, 5.74) is 0.857. The summed E-state index contributed by atoms with van der Waals surface area (Å²) in [4.78, 5) is 43.0. The molecule has 1 N–H and O–H groups in total. The Morgan fingerprint density at radius 2 is 1.77 bits per heavy atom. The second-order valence-electron chi connectivity index (χ2n) is 6.90. The van der Waals surface area contributed by atoms with Gasteiger partial charge in [0.15, 0.2) is 5.13 Å². The Balaban J connectivity index is 1.74. The molecule has 136 valence electrons. The lowest BCUT2D eigenvalue weighted by atomic mass is 10.1. The van der Waals surface area contributed by atoms with Crippen LogP contribution < -0.4 is 5.32 Å². The molecule has 0 saturated carbocycles. The number of carbonyl (C=O) groups excluding carboxylic acids is 3. The number of anilines is 1. The lowest BCUT2D eigenvalue weighted by Gasteiger charge is -2.18. The molecule has 2 heterocycles. The molecular weight excluding hydrogens is 354 g/mol. The predicted octanol–water partition coefficient (Wildman–Crippen LogP) is 3.59. The first-order chi connectivity index (χ1) is 12.2. The smallest absolute Gasteiger partial charge is 0.413 e. The van der Waals surface area contributed by atoms with Gasteiger partial charge in [0.1, 0.15) is 5.60 Å². The van der Waals surface area contributed by atoms with E-state index in [2.05, 4.69) is 10.3 Å². The number of aromatic nitrogens is 1. The molecular formula is C18H19N3O4S. The van der Waals surface area contributed by atoms with Crippen LogP contribution in [0.5, 0.6) is 0 Å². The van der Waals surface area contributed by atoms with Crippen LogP contribution in [0, 0.1) is 6.92 Å². The van der Waals surface area contributed by atoms with Crippen LogP contribution in [0.25, 0.3) is 0 Å². The van der Waals surface area contributed by atoms with Crippen LogP contribution in [0.3, 0.4) is 0 Å². The third-order valence-electron chi connectivity index (χ3n) is 3.68. The van der Waals surface area contributed by atoms with E-state index < -0.39 is 11.7 Å². The van der Waals surface area contributed by atoms with E-state index in [-0.39, 0.29) is 18.4 Å². The first-order valence-electron chi connectivity index (χ1n) is 8.07. The SMILES string of the molecule is Cc1nc(NC(=O)OC(C)(C)C)sc1CN1C(=O)c2ccccc2C1=O. The van der Waals surface area contributed by atoms with Gasteiger partial charge in [-0.25, -0.2) is 9.78 Å². The molecule has 1 aliphatic heterocycles. The third kappa shape index (κ3) is 3.60. The molecule has 0 bridgehead atoms. The fourth-order valence-electron chi connectivity index (χ4n) is 2.55. The van der Waals surface area contributed by atoms with E-state index in [0.29, 0.717) is 22.0 Å². The minimum Gasteiger partial charge on any atom is -0.444 e. The highest BCUT2D eigenvalue weighted by molar-refractivity contribution is 7.15. The molecule has 0 saturated heterocycles. The summed E-state index contributed by atoms with van der Waals surface area (Å²) in [5.74, 6) is -0.639. The average Bonchev–Trinajstić information content (AvgIpc) is 2.99. The molecule has 0 fully saturated rings. The van der Waals surface area contributed by atoms with Gasteiger partial charge in [0.2, 0.25) is 0 Å². The zero-order valence-corrected chi connectivity index (χ0v) is 15.8. The van der Waals surface area contributed by atoms with Crippen molar-refractivity contribution in [2.45, 2.75) is 39.8 Å². The van der Waals surface area contributed by atoms with Crippen molar-refractivity contribution in [3.8, 4) is 0 Å². The number of thiazole rings is 1. The number of hydrogen-bond acceptors (Lipinski definition) is 6. The first kappa shape index (κ1) is 18.1. The van der Waals surface area contributed by atoms with Gasteiger partial charge in [-0.2, -0.15) is 0 Å². The van der Waals surface area contributed by atoms with Crippen LogP contribution in [0.4, 0.5) is 9.93 Å². The van der Waals surface area contributed by atoms with Crippen molar-refractivity contribution in [1.82, 2.24) is 9.88 Å². The Labute approximate surface area is 155 Å². The van der Waals surface area contributed by atoms with Crippen molar-refractivity contribution >= 4 is 34.4 Å². The van der Waals surface area contributed by atoms with Gasteiger partial charge < -0.3 is 4.74 Å². The minimum absolute atomic E-state index is 0.117. The Morgan fingerprint density at radius 3 is 2.31 bits per heavy atom.